The summed E-state index contributed by atoms with van der Waals surface area (Å²) in [4.78, 5) is 0. The van der Waals surface area contributed by atoms with E-state index in [1.807, 2.05) is 11.7 Å². The van der Waals surface area contributed by atoms with Crippen molar-refractivity contribution >= 4 is 0 Å². The molecule has 1 aliphatic carbocycles. The molecular weight excluding hydrogens is 234 g/mol. The fourth-order valence-electron chi connectivity index (χ4n) is 3.53. The molecule has 1 aromatic rings. The maximum absolute atomic E-state index is 4.51. The van der Waals surface area contributed by atoms with E-state index in [1.165, 1.54) is 55.5 Å². The summed E-state index contributed by atoms with van der Waals surface area (Å²) in [6.07, 6.45) is 9.54. The predicted molar refractivity (Wildman–Crippen MR) is 80.4 cm³/mol. The summed E-state index contributed by atoms with van der Waals surface area (Å²) >= 11 is 0. The molecule has 108 valence electrons. The maximum atomic E-state index is 4.51. The van der Waals surface area contributed by atoms with E-state index in [9.17, 15) is 0 Å². The smallest absolute Gasteiger partial charge is 0.0628 e. The Morgan fingerprint density at radius 1 is 1.32 bits per heavy atom. The second-order valence-corrected chi connectivity index (χ2v) is 6.18. The molecule has 0 aliphatic heterocycles. The molecule has 0 aromatic carbocycles. The van der Waals surface area contributed by atoms with Gasteiger partial charge in [-0.1, -0.05) is 25.7 Å². The van der Waals surface area contributed by atoms with E-state index in [1.54, 1.807) is 0 Å². The topological polar surface area (TPSA) is 29.9 Å². The van der Waals surface area contributed by atoms with Crippen molar-refractivity contribution in [3.8, 4) is 0 Å². The van der Waals surface area contributed by atoms with Crippen molar-refractivity contribution in [3.05, 3.63) is 17.0 Å². The molecule has 19 heavy (non-hydrogen) atoms. The van der Waals surface area contributed by atoms with E-state index in [0.29, 0.717) is 6.04 Å². The Morgan fingerprint density at radius 3 is 2.53 bits per heavy atom. The second kappa shape index (κ2) is 6.56. The molecule has 0 spiro atoms. The van der Waals surface area contributed by atoms with Crippen LogP contribution in [-0.4, -0.2) is 22.9 Å². The van der Waals surface area contributed by atoms with Gasteiger partial charge in [0, 0.05) is 18.8 Å². The molecular formula is C16H29N3. The molecule has 1 unspecified atom stereocenters. The normalized spacial score (nSPS) is 18.1. The largest absolute Gasteiger partial charge is 0.317 e. The van der Waals surface area contributed by atoms with Gasteiger partial charge in [0.25, 0.3) is 0 Å². The minimum Gasteiger partial charge on any atom is -0.317 e. The van der Waals surface area contributed by atoms with Gasteiger partial charge in [-0.3, -0.25) is 4.68 Å². The molecule has 1 aliphatic rings. The molecule has 0 bridgehead atoms. The first kappa shape index (κ1) is 14.6. The van der Waals surface area contributed by atoms with Gasteiger partial charge in [-0.05, 0) is 51.6 Å². The SMILES string of the molecule is CNC(CCc1c(C)nn(C)c1C)CC1CCCC1. The number of nitrogens with one attached hydrogen (secondary N) is 1. The van der Waals surface area contributed by atoms with Crippen molar-refractivity contribution in [3.63, 3.8) is 0 Å². The average molecular weight is 263 g/mol. The first-order valence-corrected chi connectivity index (χ1v) is 7.78. The van der Waals surface area contributed by atoms with Gasteiger partial charge in [-0.2, -0.15) is 5.10 Å². The zero-order chi connectivity index (χ0) is 13.8. The molecule has 1 fully saturated rings. The van der Waals surface area contributed by atoms with Crippen LogP contribution in [0.3, 0.4) is 0 Å². The fourth-order valence-corrected chi connectivity index (χ4v) is 3.53. The minimum atomic E-state index is 0.669. The van der Waals surface area contributed by atoms with E-state index in [-0.39, 0.29) is 0 Å². The highest BCUT2D eigenvalue weighted by Gasteiger charge is 2.20. The Morgan fingerprint density at radius 2 is 2.00 bits per heavy atom. The van der Waals surface area contributed by atoms with Gasteiger partial charge in [-0.15, -0.1) is 0 Å². The summed E-state index contributed by atoms with van der Waals surface area (Å²) in [7, 11) is 4.16. The van der Waals surface area contributed by atoms with Crippen LogP contribution in [0, 0.1) is 19.8 Å². The molecule has 0 amide bonds. The van der Waals surface area contributed by atoms with Crippen molar-refractivity contribution in [2.75, 3.05) is 7.05 Å². The molecule has 0 radical (unpaired) electrons. The molecule has 1 heterocycles. The predicted octanol–water partition coefficient (Wildman–Crippen LogP) is 3.14. The lowest BCUT2D eigenvalue weighted by atomic mass is 9.94. The van der Waals surface area contributed by atoms with Gasteiger partial charge in [0.1, 0.15) is 0 Å². The molecule has 1 atom stereocenters. The van der Waals surface area contributed by atoms with Gasteiger partial charge < -0.3 is 5.32 Å². The van der Waals surface area contributed by atoms with E-state index in [0.717, 1.165) is 12.3 Å². The number of rotatable bonds is 6. The third-order valence-corrected chi connectivity index (χ3v) is 4.90. The maximum Gasteiger partial charge on any atom is 0.0628 e. The van der Waals surface area contributed by atoms with Crippen LogP contribution in [-0.2, 0) is 13.5 Å². The lowest BCUT2D eigenvalue weighted by molar-refractivity contribution is 0.388. The van der Waals surface area contributed by atoms with Crippen LogP contribution in [0.1, 0.15) is 55.5 Å². The zero-order valence-electron chi connectivity index (χ0n) is 13.0. The third kappa shape index (κ3) is 3.59. The Balaban J connectivity index is 1.88. The lowest BCUT2D eigenvalue weighted by Crippen LogP contribution is -2.28. The monoisotopic (exact) mass is 263 g/mol. The molecule has 2 rings (SSSR count). The van der Waals surface area contributed by atoms with Gasteiger partial charge in [0.05, 0.1) is 5.69 Å². The Labute approximate surface area is 117 Å². The highest BCUT2D eigenvalue weighted by molar-refractivity contribution is 5.24. The second-order valence-electron chi connectivity index (χ2n) is 6.18. The van der Waals surface area contributed by atoms with Crippen LogP contribution in [0.25, 0.3) is 0 Å². The zero-order valence-corrected chi connectivity index (χ0v) is 13.0. The van der Waals surface area contributed by atoms with Crippen molar-refractivity contribution in [2.24, 2.45) is 13.0 Å². The Hall–Kier alpha value is -0.830. The van der Waals surface area contributed by atoms with Crippen LogP contribution in [0.4, 0.5) is 0 Å². The van der Waals surface area contributed by atoms with Crippen LogP contribution in [0.15, 0.2) is 0 Å². The van der Waals surface area contributed by atoms with Gasteiger partial charge in [-0.25, -0.2) is 0 Å². The quantitative estimate of drug-likeness (QED) is 0.854. The Bertz CT molecular complexity index is 402. The van der Waals surface area contributed by atoms with Gasteiger partial charge in [0.15, 0.2) is 0 Å². The fraction of sp³-hybridized carbons (Fsp3) is 0.812. The van der Waals surface area contributed by atoms with Crippen LogP contribution in [0.2, 0.25) is 0 Å². The van der Waals surface area contributed by atoms with Crippen LogP contribution in [0.5, 0.6) is 0 Å². The lowest BCUT2D eigenvalue weighted by Gasteiger charge is -2.20. The summed E-state index contributed by atoms with van der Waals surface area (Å²) < 4.78 is 2.01. The van der Waals surface area contributed by atoms with Gasteiger partial charge >= 0.3 is 0 Å². The van der Waals surface area contributed by atoms with E-state index in [2.05, 4.69) is 31.3 Å². The highest BCUT2D eigenvalue weighted by atomic mass is 15.3. The van der Waals surface area contributed by atoms with Crippen LogP contribution >= 0.6 is 0 Å². The molecule has 3 nitrogen and oxygen atoms in total. The third-order valence-electron chi connectivity index (χ3n) is 4.90. The van der Waals surface area contributed by atoms with E-state index in [4.69, 9.17) is 0 Å². The number of nitrogens with zero attached hydrogens (tertiary/aromatic N) is 2. The number of hydrogen-bond acceptors (Lipinski definition) is 2. The first-order valence-electron chi connectivity index (χ1n) is 7.78. The average Bonchev–Trinajstić information content (AvgIpc) is 2.97. The number of aryl methyl sites for hydroxylation is 2. The number of hydrogen-bond donors (Lipinski definition) is 1. The van der Waals surface area contributed by atoms with Crippen molar-refractivity contribution in [1.29, 1.82) is 0 Å². The summed E-state index contributed by atoms with van der Waals surface area (Å²) in [6.45, 7) is 4.31. The molecule has 1 saturated carbocycles. The van der Waals surface area contributed by atoms with Crippen molar-refractivity contribution < 1.29 is 0 Å². The van der Waals surface area contributed by atoms with Crippen molar-refractivity contribution in [2.45, 2.75) is 64.8 Å². The number of aromatic nitrogens is 2. The first-order chi connectivity index (χ1) is 9.11. The van der Waals surface area contributed by atoms with Crippen molar-refractivity contribution in [1.82, 2.24) is 15.1 Å². The summed E-state index contributed by atoms with van der Waals surface area (Å²) in [5, 5.41) is 8.03. The summed E-state index contributed by atoms with van der Waals surface area (Å²) in [5.74, 6) is 0.966. The van der Waals surface area contributed by atoms with E-state index >= 15 is 0 Å². The van der Waals surface area contributed by atoms with Crippen LogP contribution < -0.4 is 5.32 Å². The molecule has 3 heteroatoms. The van der Waals surface area contributed by atoms with Gasteiger partial charge in [0.2, 0.25) is 0 Å². The van der Waals surface area contributed by atoms with E-state index < -0.39 is 0 Å². The summed E-state index contributed by atoms with van der Waals surface area (Å²) in [5.41, 5.74) is 3.98. The minimum absolute atomic E-state index is 0.669. The molecule has 0 saturated heterocycles. The highest BCUT2D eigenvalue weighted by Crippen LogP contribution is 2.29. The molecule has 1 aromatic heterocycles. The molecule has 1 N–H and O–H groups in total. The standard InChI is InChI=1S/C16H29N3/c1-12-16(13(2)19(4)18-12)10-9-15(17-3)11-14-7-5-6-8-14/h14-15,17H,5-11H2,1-4H3. The summed E-state index contributed by atoms with van der Waals surface area (Å²) in [6, 6.07) is 0.669. The Kier molecular flexibility index (Phi) is 5.03.